The molecule has 92 valence electrons. The average Bonchev–Trinajstić information content (AvgIpc) is 2.22. The van der Waals surface area contributed by atoms with Crippen molar-refractivity contribution in [2.75, 3.05) is 11.1 Å². The molecule has 0 aromatic heterocycles. The molecule has 1 N–H and O–H groups in total. The third kappa shape index (κ3) is 3.36. The molecule has 0 unspecified atom stereocenters. The minimum absolute atomic E-state index is 0.0807. The van der Waals surface area contributed by atoms with Gasteiger partial charge in [0.05, 0.1) is 11.2 Å². The fourth-order valence-electron chi connectivity index (χ4n) is 1.53. The number of nitrogens with one attached hydrogen (secondary N) is 1. The summed E-state index contributed by atoms with van der Waals surface area (Å²) in [6.45, 7) is 4.14. The normalized spacial score (nSPS) is 18.7. The molecule has 0 amide bonds. The number of hydrogen-bond donors (Lipinski definition) is 1. The third-order valence-electron chi connectivity index (χ3n) is 2.53. The molecule has 0 saturated heterocycles. The molecule has 1 heterocycles. The first-order chi connectivity index (χ1) is 7.96. The zero-order chi connectivity index (χ0) is 12.5. The summed E-state index contributed by atoms with van der Waals surface area (Å²) in [5.74, 6) is 0.669. The number of thioether (sulfide) groups is 1. The lowest BCUT2D eigenvalue weighted by Gasteiger charge is -2.26. The van der Waals surface area contributed by atoms with Crippen LogP contribution in [0.5, 0.6) is 0 Å². The quantitative estimate of drug-likeness (QED) is 0.830. The summed E-state index contributed by atoms with van der Waals surface area (Å²) in [6.07, 6.45) is 1.03. The SMILES string of the molecule is CC1(C)CCSC(Nc2cc(Cl)ccc2F)=N1. The molecular weight excluding hydrogens is 259 g/mol. The predicted molar refractivity (Wildman–Crippen MR) is 73.6 cm³/mol. The Morgan fingerprint density at radius 1 is 1.47 bits per heavy atom. The van der Waals surface area contributed by atoms with Gasteiger partial charge in [0.25, 0.3) is 0 Å². The zero-order valence-corrected chi connectivity index (χ0v) is 11.3. The molecule has 1 aromatic rings. The van der Waals surface area contributed by atoms with E-state index in [2.05, 4.69) is 24.2 Å². The minimum atomic E-state index is -0.318. The third-order valence-corrected chi connectivity index (χ3v) is 3.64. The fourth-order valence-corrected chi connectivity index (χ4v) is 2.99. The molecule has 0 aliphatic carbocycles. The molecule has 0 fully saturated rings. The smallest absolute Gasteiger partial charge is 0.161 e. The highest BCUT2D eigenvalue weighted by molar-refractivity contribution is 8.14. The van der Waals surface area contributed by atoms with Gasteiger partial charge in [0.1, 0.15) is 5.82 Å². The summed E-state index contributed by atoms with van der Waals surface area (Å²) < 4.78 is 13.5. The first-order valence-corrected chi connectivity index (χ1v) is 6.77. The monoisotopic (exact) mass is 272 g/mol. The second kappa shape index (κ2) is 4.86. The highest BCUT2D eigenvalue weighted by Crippen LogP contribution is 2.28. The highest BCUT2D eigenvalue weighted by Gasteiger charge is 2.22. The van der Waals surface area contributed by atoms with Crippen molar-refractivity contribution < 1.29 is 4.39 Å². The number of amidine groups is 1. The van der Waals surface area contributed by atoms with Crippen molar-refractivity contribution >= 4 is 34.2 Å². The highest BCUT2D eigenvalue weighted by atomic mass is 35.5. The van der Waals surface area contributed by atoms with Gasteiger partial charge in [-0.25, -0.2) is 4.39 Å². The summed E-state index contributed by atoms with van der Waals surface area (Å²) >= 11 is 7.44. The van der Waals surface area contributed by atoms with Gasteiger partial charge in [-0.05, 0) is 38.5 Å². The Bertz CT molecular complexity index is 460. The maximum absolute atomic E-state index is 13.5. The van der Waals surface area contributed by atoms with Gasteiger partial charge in [-0.2, -0.15) is 0 Å². The van der Waals surface area contributed by atoms with Crippen LogP contribution in [0.1, 0.15) is 20.3 Å². The van der Waals surface area contributed by atoms with Crippen molar-refractivity contribution in [1.82, 2.24) is 0 Å². The van der Waals surface area contributed by atoms with Gasteiger partial charge < -0.3 is 5.32 Å². The number of aliphatic imine (C=N–C) groups is 1. The van der Waals surface area contributed by atoms with Crippen LogP contribution in [0.4, 0.5) is 10.1 Å². The van der Waals surface area contributed by atoms with Crippen molar-refractivity contribution in [2.24, 2.45) is 4.99 Å². The van der Waals surface area contributed by atoms with E-state index in [9.17, 15) is 4.39 Å². The molecule has 0 radical (unpaired) electrons. The lowest BCUT2D eigenvalue weighted by molar-refractivity contribution is 0.507. The Labute approximate surface area is 110 Å². The van der Waals surface area contributed by atoms with E-state index in [1.165, 1.54) is 12.1 Å². The topological polar surface area (TPSA) is 24.4 Å². The number of rotatable bonds is 1. The van der Waals surface area contributed by atoms with E-state index in [-0.39, 0.29) is 11.4 Å². The van der Waals surface area contributed by atoms with Gasteiger partial charge >= 0.3 is 0 Å². The van der Waals surface area contributed by atoms with Crippen LogP contribution in [0.25, 0.3) is 0 Å². The van der Waals surface area contributed by atoms with Crippen LogP contribution in [-0.2, 0) is 0 Å². The molecular formula is C12H14ClFN2S. The Morgan fingerprint density at radius 3 is 2.94 bits per heavy atom. The van der Waals surface area contributed by atoms with Crippen molar-refractivity contribution in [3.05, 3.63) is 29.0 Å². The maximum Gasteiger partial charge on any atom is 0.161 e. The van der Waals surface area contributed by atoms with Gasteiger partial charge in [0.15, 0.2) is 5.17 Å². The number of halogens is 2. The molecule has 0 saturated carbocycles. The van der Waals surface area contributed by atoms with E-state index in [4.69, 9.17) is 11.6 Å². The maximum atomic E-state index is 13.5. The lowest BCUT2D eigenvalue weighted by Crippen LogP contribution is -2.27. The van der Waals surface area contributed by atoms with E-state index >= 15 is 0 Å². The van der Waals surface area contributed by atoms with E-state index in [0.717, 1.165) is 17.3 Å². The summed E-state index contributed by atoms with van der Waals surface area (Å²) in [5, 5.41) is 4.26. The second-order valence-corrected chi connectivity index (χ2v) is 6.10. The summed E-state index contributed by atoms with van der Waals surface area (Å²) in [6, 6.07) is 4.45. The standard InChI is InChI=1S/C12H14ClFN2S/c1-12(2)5-6-17-11(16-12)15-10-7-8(13)3-4-9(10)14/h3-4,7H,5-6H2,1-2H3,(H,15,16). The first-order valence-electron chi connectivity index (χ1n) is 5.41. The van der Waals surface area contributed by atoms with Gasteiger partial charge in [-0.15, -0.1) is 0 Å². The molecule has 1 aliphatic heterocycles. The van der Waals surface area contributed by atoms with Gasteiger partial charge in [-0.1, -0.05) is 23.4 Å². The van der Waals surface area contributed by atoms with Crippen molar-refractivity contribution in [3.63, 3.8) is 0 Å². The minimum Gasteiger partial charge on any atom is -0.333 e. The van der Waals surface area contributed by atoms with Gasteiger partial charge in [-0.3, -0.25) is 4.99 Å². The fraction of sp³-hybridized carbons (Fsp3) is 0.417. The largest absolute Gasteiger partial charge is 0.333 e. The zero-order valence-electron chi connectivity index (χ0n) is 9.76. The number of anilines is 1. The van der Waals surface area contributed by atoms with Crippen molar-refractivity contribution in [2.45, 2.75) is 25.8 Å². The second-order valence-electron chi connectivity index (χ2n) is 4.58. The van der Waals surface area contributed by atoms with E-state index in [1.54, 1.807) is 17.8 Å². The number of benzene rings is 1. The van der Waals surface area contributed by atoms with Gasteiger partial charge in [0, 0.05) is 10.8 Å². The average molecular weight is 273 g/mol. The first kappa shape index (κ1) is 12.7. The molecule has 1 aromatic carbocycles. The van der Waals surface area contributed by atoms with Crippen LogP contribution in [0.15, 0.2) is 23.2 Å². The Kier molecular flexibility index (Phi) is 3.64. The van der Waals surface area contributed by atoms with E-state index in [0.29, 0.717) is 10.7 Å². The lowest BCUT2D eigenvalue weighted by atomic mass is 10.0. The van der Waals surface area contributed by atoms with Crippen LogP contribution in [-0.4, -0.2) is 16.5 Å². The predicted octanol–water partition coefficient (Wildman–Crippen LogP) is 4.16. The van der Waals surface area contributed by atoms with Crippen LogP contribution < -0.4 is 5.32 Å². The van der Waals surface area contributed by atoms with Crippen LogP contribution in [0.2, 0.25) is 5.02 Å². The molecule has 1 aliphatic rings. The molecule has 0 spiro atoms. The van der Waals surface area contributed by atoms with E-state index in [1.807, 2.05) is 0 Å². The van der Waals surface area contributed by atoms with Crippen LogP contribution >= 0.6 is 23.4 Å². The van der Waals surface area contributed by atoms with Crippen molar-refractivity contribution in [1.29, 1.82) is 0 Å². The summed E-state index contributed by atoms with van der Waals surface area (Å²) in [4.78, 5) is 4.54. The van der Waals surface area contributed by atoms with Gasteiger partial charge in [0.2, 0.25) is 0 Å². The molecule has 0 bridgehead atoms. The molecule has 0 atom stereocenters. The summed E-state index contributed by atoms with van der Waals surface area (Å²) in [7, 11) is 0. The molecule has 5 heteroatoms. The molecule has 2 rings (SSSR count). The summed E-state index contributed by atoms with van der Waals surface area (Å²) in [5.41, 5.74) is 0.296. The van der Waals surface area contributed by atoms with Crippen molar-refractivity contribution in [3.8, 4) is 0 Å². The van der Waals surface area contributed by atoms with Crippen LogP contribution in [0, 0.1) is 5.82 Å². The Balaban J connectivity index is 2.21. The van der Waals surface area contributed by atoms with E-state index < -0.39 is 0 Å². The number of hydrogen-bond acceptors (Lipinski definition) is 3. The Hall–Kier alpha value is -0.740. The molecule has 17 heavy (non-hydrogen) atoms. The number of nitrogens with zero attached hydrogens (tertiary/aromatic N) is 1. The Morgan fingerprint density at radius 2 is 2.24 bits per heavy atom. The molecule has 2 nitrogen and oxygen atoms in total. The van der Waals surface area contributed by atoms with Crippen LogP contribution in [0.3, 0.4) is 0 Å².